The van der Waals surface area contributed by atoms with Crippen LogP contribution in [0.2, 0.25) is 0 Å². The maximum atomic E-state index is 5.93. The summed E-state index contributed by atoms with van der Waals surface area (Å²) in [5.41, 5.74) is 6.77. The van der Waals surface area contributed by atoms with Crippen molar-refractivity contribution in [3.8, 4) is 17.2 Å². The molecule has 0 spiro atoms. The fourth-order valence-electron chi connectivity index (χ4n) is 1.99. The molecule has 4 heteroatoms. The highest BCUT2D eigenvalue weighted by Gasteiger charge is 2.16. The number of hydrogen-bond acceptors (Lipinski definition) is 4. The van der Waals surface area contributed by atoms with E-state index < -0.39 is 0 Å². The van der Waals surface area contributed by atoms with E-state index in [2.05, 4.69) is 0 Å². The minimum atomic E-state index is -0.250. The van der Waals surface area contributed by atoms with Crippen LogP contribution >= 0.6 is 0 Å². The van der Waals surface area contributed by atoms with Crippen LogP contribution < -0.4 is 19.9 Å². The molecule has 0 fully saturated rings. The first-order valence-corrected chi connectivity index (χ1v) is 6.42. The van der Waals surface area contributed by atoms with Gasteiger partial charge in [0, 0.05) is 12.1 Å². The van der Waals surface area contributed by atoms with Crippen LogP contribution in [0.5, 0.6) is 17.2 Å². The lowest BCUT2D eigenvalue weighted by Crippen LogP contribution is -2.19. The van der Waals surface area contributed by atoms with Gasteiger partial charge in [-0.05, 0) is 30.3 Å². The maximum Gasteiger partial charge on any atom is 0.139 e. The molecule has 0 saturated heterocycles. The van der Waals surface area contributed by atoms with Crippen LogP contribution in [0.1, 0.15) is 11.7 Å². The Labute approximate surface area is 119 Å². The van der Waals surface area contributed by atoms with Crippen LogP contribution in [0.3, 0.4) is 0 Å². The second-order valence-corrected chi connectivity index (χ2v) is 4.26. The van der Waals surface area contributed by atoms with Crippen LogP contribution in [0, 0.1) is 0 Å². The van der Waals surface area contributed by atoms with Gasteiger partial charge in [-0.1, -0.05) is 18.2 Å². The zero-order valence-electron chi connectivity index (χ0n) is 11.7. The number of benzene rings is 2. The predicted octanol–water partition coefficient (Wildman–Crippen LogP) is 2.78. The number of hydrogen-bond donors (Lipinski definition) is 1. The lowest BCUT2D eigenvalue weighted by Gasteiger charge is -2.20. The summed E-state index contributed by atoms with van der Waals surface area (Å²) in [5.74, 6) is 2.31. The second-order valence-electron chi connectivity index (χ2n) is 4.26. The molecular formula is C16H19NO3. The van der Waals surface area contributed by atoms with Gasteiger partial charge >= 0.3 is 0 Å². The Morgan fingerprint density at radius 1 is 0.900 bits per heavy atom. The normalized spacial score (nSPS) is 11.8. The van der Waals surface area contributed by atoms with E-state index in [1.54, 1.807) is 14.2 Å². The molecule has 4 nitrogen and oxygen atoms in total. The average molecular weight is 273 g/mol. The maximum absolute atomic E-state index is 5.93. The van der Waals surface area contributed by atoms with Gasteiger partial charge in [0.2, 0.25) is 0 Å². The van der Waals surface area contributed by atoms with Crippen molar-refractivity contribution in [1.29, 1.82) is 0 Å². The Bertz CT molecular complexity index is 540. The zero-order valence-corrected chi connectivity index (χ0v) is 11.7. The van der Waals surface area contributed by atoms with Gasteiger partial charge in [0.1, 0.15) is 23.4 Å². The molecule has 0 radical (unpaired) electrons. The van der Waals surface area contributed by atoms with Crippen molar-refractivity contribution in [2.45, 2.75) is 6.10 Å². The van der Waals surface area contributed by atoms with E-state index in [0.717, 1.165) is 22.8 Å². The molecule has 0 aliphatic carbocycles. The molecule has 0 amide bonds. The molecule has 2 N–H and O–H groups in total. The van der Waals surface area contributed by atoms with E-state index in [-0.39, 0.29) is 6.10 Å². The van der Waals surface area contributed by atoms with Gasteiger partial charge in [-0.15, -0.1) is 0 Å². The lowest BCUT2D eigenvalue weighted by molar-refractivity contribution is 0.208. The molecule has 2 aromatic carbocycles. The quantitative estimate of drug-likeness (QED) is 0.879. The Morgan fingerprint density at radius 2 is 1.55 bits per heavy atom. The van der Waals surface area contributed by atoms with Crippen molar-refractivity contribution in [2.75, 3.05) is 20.8 Å². The molecule has 2 rings (SSSR count). The van der Waals surface area contributed by atoms with E-state index in [1.807, 2.05) is 48.5 Å². The van der Waals surface area contributed by atoms with Crippen LogP contribution in [0.15, 0.2) is 48.5 Å². The molecule has 106 valence electrons. The summed E-state index contributed by atoms with van der Waals surface area (Å²) in [4.78, 5) is 0. The van der Waals surface area contributed by atoms with Gasteiger partial charge in [-0.2, -0.15) is 0 Å². The topological polar surface area (TPSA) is 53.7 Å². The first kappa shape index (κ1) is 14.2. The average Bonchev–Trinajstić information content (AvgIpc) is 2.53. The molecule has 20 heavy (non-hydrogen) atoms. The second kappa shape index (κ2) is 6.82. The van der Waals surface area contributed by atoms with E-state index in [9.17, 15) is 0 Å². The van der Waals surface area contributed by atoms with Crippen LogP contribution in [0.25, 0.3) is 0 Å². The van der Waals surface area contributed by atoms with Gasteiger partial charge in [0.05, 0.1) is 14.2 Å². The largest absolute Gasteiger partial charge is 0.497 e. The molecule has 2 aromatic rings. The van der Waals surface area contributed by atoms with Crippen LogP contribution in [-0.2, 0) is 0 Å². The lowest BCUT2D eigenvalue weighted by atomic mass is 10.1. The van der Waals surface area contributed by atoms with Crippen molar-refractivity contribution in [1.82, 2.24) is 0 Å². The van der Waals surface area contributed by atoms with Gasteiger partial charge in [-0.25, -0.2) is 0 Å². The monoisotopic (exact) mass is 273 g/mol. The third kappa shape index (κ3) is 3.22. The van der Waals surface area contributed by atoms with Crippen LogP contribution in [0.4, 0.5) is 0 Å². The summed E-state index contributed by atoms with van der Waals surface area (Å²) in [6.07, 6.45) is -0.250. The minimum Gasteiger partial charge on any atom is -0.497 e. The standard InChI is InChI=1S/C16H19NO3/c1-18-12-7-9-13(10-8-12)20-16(11-17)14-5-3-4-6-15(14)19-2/h3-10,16H,11,17H2,1-2H3. The number of ether oxygens (including phenoxy) is 3. The summed E-state index contributed by atoms with van der Waals surface area (Å²) in [5, 5.41) is 0. The van der Waals surface area contributed by atoms with E-state index in [1.165, 1.54) is 0 Å². The smallest absolute Gasteiger partial charge is 0.139 e. The van der Waals surface area contributed by atoms with Crippen LogP contribution in [-0.4, -0.2) is 20.8 Å². The summed E-state index contributed by atoms with van der Waals surface area (Å²) >= 11 is 0. The molecule has 1 atom stereocenters. The van der Waals surface area contributed by atoms with Crippen molar-refractivity contribution >= 4 is 0 Å². The van der Waals surface area contributed by atoms with Crippen molar-refractivity contribution in [2.24, 2.45) is 5.73 Å². The summed E-state index contributed by atoms with van der Waals surface area (Å²) < 4.78 is 16.4. The molecule has 0 aliphatic heterocycles. The zero-order chi connectivity index (χ0) is 14.4. The molecular weight excluding hydrogens is 254 g/mol. The van der Waals surface area contributed by atoms with Gasteiger partial charge in [0.25, 0.3) is 0 Å². The van der Waals surface area contributed by atoms with Crippen molar-refractivity contribution in [3.05, 3.63) is 54.1 Å². The molecule has 0 bridgehead atoms. The highest BCUT2D eigenvalue weighted by atomic mass is 16.5. The third-order valence-corrected chi connectivity index (χ3v) is 3.04. The first-order chi connectivity index (χ1) is 9.78. The van der Waals surface area contributed by atoms with Gasteiger partial charge in [-0.3, -0.25) is 0 Å². The molecule has 0 aromatic heterocycles. The molecule has 0 heterocycles. The molecule has 0 aliphatic rings. The summed E-state index contributed by atoms with van der Waals surface area (Å²) in [7, 11) is 3.27. The highest BCUT2D eigenvalue weighted by molar-refractivity contribution is 5.37. The third-order valence-electron chi connectivity index (χ3n) is 3.04. The predicted molar refractivity (Wildman–Crippen MR) is 78.4 cm³/mol. The van der Waals surface area contributed by atoms with Gasteiger partial charge in [0.15, 0.2) is 0 Å². The van der Waals surface area contributed by atoms with Crippen molar-refractivity contribution < 1.29 is 14.2 Å². The number of methoxy groups -OCH3 is 2. The van der Waals surface area contributed by atoms with E-state index in [4.69, 9.17) is 19.9 Å². The van der Waals surface area contributed by atoms with Crippen molar-refractivity contribution in [3.63, 3.8) is 0 Å². The first-order valence-electron chi connectivity index (χ1n) is 6.42. The van der Waals surface area contributed by atoms with E-state index >= 15 is 0 Å². The molecule has 1 unspecified atom stereocenters. The highest BCUT2D eigenvalue weighted by Crippen LogP contribution is 2.29. The fourth-order valence-corrected chi connectivity index (χ4v) is 1.99. The SMILES string of the molecule is COc1ccc(OC(CN)c2ccccc2OC)cc1. The number of rotatable bonds is 6. The summed E-state index contributed by atoms with van der Waals surface area (Å²) in [6.45, 7) is 0.367. The Morgan fingerprint density at radius 3 is 2.15 bits per heavy atom. The van der Waals surface area contributed by atoms with Gasteiger partial charge < -0.3 is 19.9 Å². The summed E-state index contributed by atoms with van der Waals surface area (Å²) in [6, 6.07) is 15.1. The van der Waals surface area contributed by atoms with E-state index in [0.29, 0.717) is 6.54 Å². The Balaban J connectivity index is 2.19. The number of nitrogens with two attached hydrogens (primary N) is 1. The Kier molecular flexibility index (Phi) is 4.85. The Hall–Kier alpha value is -2.20. The minimum absolute atomic E-state index is 0.250. The number of para-hydroxylation sites is 1. The molecule has 0 saturated carbocycles. The fraction of sp³-hybridized carbons (Fsp3) is 0.250.